The number of rotatable bonds is 11. The van der Waals surface area contributed by atoms with E-state index in [1.165, 1.54) is 10.8 Å². The molecule has 1 aromatic carbocycles. The van der Waals surface area contributed by atoms with Crippen LogP contribution in [-0.2, 0) is 16.1 Å². The normalized spacial score (nSPS) is 14.4. The molecule has 2 aromatic heterocycles. The van der Waals surface area contributed by atoms with E-state index in [0.717, 1.165) is 0 Å². The number of alkyl halides is 3. The highest BCUT2D eigenvalue weighted by molar-refractivity contribution is 5.89. The number of ether oxygens (including phenoxy) is 1. The molecule has 1 aliphatic rings. The third kappa shape index (κ3) is 10.9. The molecule has 1 atom stereocenters. The number of carboxylic acids is 2. The highest BCUT2D eigenvalue weighted by Gasteiger charge is 2.29. The molecule has 0 radical (unpaired) electrons. The van der Waals surface area contributed by atoms with Gasteiger partial charge in [0.15, 0.2) is 6.61 Å². The van der Waals surface area contributed by atoms with Crippen molar-refractivity contribution in [3.8, 4) is 5.75 Å². The Morgan fingerprint density at radius 1 is 1.04 bits per heavy atom. The van der Waals surface area contributed by atoms with Gasteiger partial charge in [-0.05, 0) is 25.1 Å². The number of hydrogen-bond donors (Lipinski definition) is 3. The number of anilines is 1. The Bertz CT molecular complexity index is 1550. The molecular formula is C29H33F3N6O7. The van der Waals surface area contributed by atoms with Gasteiger partial charge in [-0.25, -0.2) is 14.4 Å². The van der Waals surface area contributed by atoms with Gasteiger partial charge in [-0.15, -0.1) is 0 Å². The van der Waals surface area contributed by atoms with Crippen LogP contribution in [0.1, 0.15) is 30.5 Å². The molecule has 3 N–H and O–H groups in total. The van der Waals surface area contributed by atoms with E-state index in [4.69, 9.17) is 14.9 Å². The molecule has 3 heterocycles. The van der Waals surface area contributed by atoms with Crippen LogP contribution in [0.3, 0.4) is 0 Å². The fraction of sp³-hybridized carbons (Fsp3) is 0.379. The summed E-state index contributed by atoms with van der Waals surface area (Å²) in [6.07, 6.45) is 3.46. The van der Waals surface area contributed by atoms with Crippen molar-refractivity contribution in [1.82, 2.24) is 24.4 Å². The molecule has 1 aliphatic heterocycles. The van der Waals surface area contributed by atoms with Gasteiger partial charge in [0, 0.05) is 81.1 Å². The van der Waals surface area contributed by atoms with Gasteiger partial charge in [0.05, 0.1) is 11.4 Å². The van der Waals surface area contributed by atoms with Gasteiger partial charge in [0.1, 0.15) is 5.75 Å². The van der Waals surface area contributed by atoms with Crippen LogP contribution in [0.15, 0.2) is 70.8 Å². The van der Waals surface area contributed by atoms with Crippen molar-refractivity contribution in [2.24, 2.45) is 0 Å². The maximum absolute atomic E-state index is 13.0. The lowest BCUT2D eigenvalue weighted by Gasteiger charge is -2.36. The summed E-state index contributed by atoms with van der Waals surface area (Å²) < 4.78 is 44.0. The number of nitrogens with zero attached hydrogens (tertiary/aromatic N) is 5. The van der Waals surface area contributed by atoms with Crippen LogP contribution in [0.4, 0.5) is 18.9 Å². The number of carbonyl (C=O) groups is 2. The number of benzene rings is 1. The van der Waals surface area contributed by atoms with Gasteiger partial charge in [-0.2, -0.15) is 13.2 Å². The van der Waals surface area contributed by atoms with Crippen molar-refractivity contribution in [2.45, 2.75) is 32.0 Å². The summed E-state index contributed by atoms with van der Waals surface area (Å²) in [5.74, 6) is -2.62. The first kappa shape index (κ1) is 34.5. The lowest BCUT2D eigenvalue weighted by atomic mass is 10.0. The third-order valence-electron chi connectivity index (χ3n) is 6.78. The van der Waals surface area contributed by atoms with Gasteiger partial charge in [0.2, 0.25) is 0 Å². The molecule has 0 amide bonds. The fourth-order valence-corrected chi connectivity index (χ4v) is 4.54. The van der Waals surface area contributed by atoms with Gasteiger partial charge < -0.3 is 24.8 Å². The summed E-state index contributed by atoms with van der Waals surface area (Å²) in [6, 6.07) is 6.73. The highest BCUT2D eigenvalue weighted by atomic mass is 19.4. The number of aromatic nitrogens is 4. The van der Waals surface area contributed by atoms with Crippen LogP contribution >= 0.6 is 0 Å². The Morgan fingerprint density at radius 3 is 2.31 bits per heavy atom. The fourth-order valence-electron chi connectivity index (χ4n) is 4.54. The molecule has 0 saturated carbocycles. The largest absolute Gasteiger partial charge is 0.482 e. The number of hydrogen-bond acceptors (Lipinski definition) is 9. The van der Waals surface area contributed by atoms with Gasteiger partial charge in [-0.1, -0.05) is 19.1 Å². The molecule has 1 fully saturated rings. The van der Waals surface area contributed by atoms with Crippen molar-refractivity contribution in [3.05, 3.63) is 93.3 Å². The van der Waals surface area contributed by atoms with Crippen LogP contribution in [0.25, 0.3) is 0 Å². The molecule has 0 aliphatic carbocycles. The zero-order chi connectivity index (χ0) is 33.0. The monoisotopic (exact) mass is 634 g/mol. The van der Waals surface area contributed by atoms with E-state index in [1.807, 2.05) is 11.8 Å². The molecule has 4 rings (SSSR count). The number of carboxylic acid groups (broad SMARTS) is 2. The van der Waals surface area contributed by atoms with E-state index in [1.54, 1.807) is 42.9 Å². The second-order valence-electron chi connectivity index (χ2n) is 9.92. The summed E-state index contributed by atoms with van der Waals surface area (Å²) in [5, 5.41) is 15.6. The van der Waals surface area contributed by atoms with Gasteiger partial charge in [-0.3, -0.25) is 24.2 Å². The average Bonchev–Trinajstić information content (AvgIpc) is 3.01. The Balaban J connectivity index is 0.000000610. The number of halogens is 3. The van der Waals surface area contributed by atoms with Crippen molar-refractivity contribution < 1.29 is 37.7 Å². The van der Waals surface area contributed by atoms with E-state index in [9.17, 15) is 32.3 Å². The lowest BCUT2D eigenvalue weighted by molar-refractivity contribution is -0.153. The molecule has 1 unspecified atom stereocenters. The molecular weight excluding hydrogens is 601 g/mol. The van der Waals surface area contributed by atoms with E-state index in [2.05, 4.69) is 19.9 Å². The Hall–Kier alpha value is -4.99. The van der Waals surface area contributed by atoms with Crippen LogP contribution < -0.4 is 20.9 Å². The number of piperazine rings is 1. The first-order valence-corrected chi connectivity index (χ1v) is 13.8. The van der Waals surface area contributed by atoms with Crippen molar-refractivity contribution in [3.63, 3.8) is 0 Å². The Morgan fingerprint density at radius 2 is 1.71 bits per heavy atom. The van der Waals surface area contributed by atoms with Crippen molar-refractivity contribution in [2.75, 3.05) is 44.2 Å². The molecule has 0 bridgehead atoms. The molecule has 13 nitrogen and oxygen atoms in total. The minimum atomic E-state index is -4.40. The summed E-state index contributed by atoms with van der Waals surface area (Å²) >= 11 is 0. The number of aliphatic carboxylic acids is 2. The van der Waals surface area contributed by atoms with E-state index in [-0.39, 0.29) is 23.8 Å². The maximum atomic E-state index is 13.0. The predicted octanol–water partition coefficient (Wildman–Crippen LogP) is 2.34. The minimum absolute atomic E-state index is 0.211. The maximum Gasteiger partial charge on any atom is 0.422 e. The van der Waals surface area contributed by atoms with Crippen LogP contribution in [0, 0.1) is 0 Å². The zero-order valence-corrected chi connectivity index (χ0v) is 24.3. The first-order valence-electron chi connectivity index (χ1n) is 13.8. The summed E-state index contributed by atoms with van der Waals surface area (Å²) in [5.41, 5.74) is 0.919. The number of H-pyrrole nitrogens is 1. The molecule has 1 saturated heterocycles. The molecule has 45 heavy (non-hydrogen) atoms. The minimum Gasteiger partial charge on any atom is -0.482 e. The standard InChI is InChI=1S/C25H29F3N6O3.C4H4O4/c1-18(20-16-29-7-8-30-20)19-15-31-24(36)34(23(19)35)10-4-9-32-11-13-33(14-12-32)21-5-2-3-6-22(21)37-17-25(26,27)28;5-3(6)1-2-4(7)8/h2-3,5-8,15-16,18H,4,9-14,17H2,1H3,(H,31,36);1-2H,(H,5,6)(H,7,8)/b;2-1+. The predicted molar refractivity (Wildman–Crippen MR) is 157 cm³/mol. The van der Waals surface area contributed by atoms with Gasteiger partial charge in [0.25, 0.3) is 5.56 Å². The molecule has 242 valence electrons. The number of para-hydroxylation sites is 2. The van der Waals surface area contributed by atoms with Crippen LogP contribution in [0.5, 0.6) is 5.75 Å². The zero-order valence-electron chi connectivity index (χ0n) is 24.3. The Kier molecular flexibility index (Phi) is 12.4. The van der Waals surface area contributed by atoms with E-state index >= 15 is 0 Å². The quantitative estimate of drug-likeness (QED) is 0.265. The van der Waals surface area contributed by atoms with Gasteiger partial charge >= 0.3 is 23.8 Å². The van der Waals surface area contributed by atoms with Crippen LogP contribution in [0.2, 0.25) is 0 Å². The Labute approximate surface area is 255 Å². The highest BCUT2D eigenvalue weighted by Crippen LogP contribution is 2.30. The second kappa shape index (κ2) is 16.2. The van der Waals surface area contributed by atoms with Crippen molar-refractivity contribution in [1.29, 1.82) is 0 Å². The van der Waals surface area contributed by atoms with E-state index < -0.39 is 30.4 Å². The SMILES string of the molecule is CC(c1cnccn1)c1c[nH]c(=O)n(CCCN2CCN(c3ccccc3OCC(F)(F)F)CC2)c1=O.O=C(O)/C=C/C(=O)O. The summed E-state index contributed by atoms with van der Waals surface area (Å²) in [4.78, 5) is 59.7. The summed E-state index contributed by atoms with van der Waals surface area (Å²) in [6.45, 7) is 4.09. The number of aromatic amines is 1. The molecule has 0 spiro atoms. The molecule has 16 heteroatoms. The first-order chi connectivity index (χ1) is 21.4. The number of nitrogens with one attached hydrogen (secondary N) is 1. The lowest BCUT2D eigenvalue weighted by Crippen LogP contribution is -2.47. The molecule has 3 aromatic rings. The average molecular weight is 635 g/mol. The topological polar surface area (TPSA) is 171 Å². The van der Waals surface area contributed by atoms with E-state index in [0.29, 0.717) is 68.2 Å². The smallest absolute Gasteiger partial charge is 0.422 e. The summed E-state index contributed by atoms with van der Waals surface area (Å²) in [7, 11) is 0. The van der Waals surface area contributed by atoms with Crippen molar-refractivity contribution >= 4 is 17.6 Å². The third-order valence-corrected chi connectivity index (χ3v) is 6.78. The van der Waals surface area contributed by atoms with Crippen LogP contribution in [-0.4, -0.2) is 92.1 Å². The second-order valence-corrected chi connectivity index (χ2v) is 9.92.